The van der Waals surface area contributed by atoms with E-state index in [-0.39, 0.29) is 5.91 Å². The Morgan fingerprint density at radius 3 is 2.56 bits per heavy atom. The Morgan fingerprint density at radius 1 is 1.16 bits per heavy atom. The first-order valence-corrected chi connectivity index (χ1v) is 8.75. The number of hydrogen-bond acceptors (Lipinski definition) is 6. The van der Waals surface area contributed by atoms with E-state index in [2.05, 4.69) is 15.2 Å². The summed E-state index contributed by atoms with van der Waals surface area (Å²) in [4.78, 5) is 33.2. The molecule has 8 heteroatoms. The molecule has 3 rings (SSSR count). The number of morpholine rings is 1. The summed E-state index contributed by atoms with van der Waals surface area (Å²) in [6.45, 7) is 7.63. The lowest BCUT2D eigenvalue weighted by atomic mass is 10.2. The molecule has 0 bridgehead atoms. The molecule has 0 spiro atoms. The van der Waals surface area contributed by atoms with Crippen LogP contribution in [0.1, 0.15) is 10.5 Å². The molecule has 1 aromatic rings. The molecule has 1 N–H and O–H groups in total. The highest BCUT2D eigenvalue weighted by Gasteiger charge is 2.22. The third-order valence-electron chi connectivity index (χ3n) is 4.59. The van der Waals surface area contributed by atoms with Gasteiger partial charge in [0.15, 0.2) is 0 Å². The molecule has 1 aromatic heterocycles. The number of amides is 2. The van der Waals surface area contributed by atoms with Gasteiger partial charge in [-0.25, -0.2) is 4.98 Å². The fraction of sp³-hybridized carbons (Fsp3) is 0.588. The number of hydrogen-bond donors (Lipinski definition) is 1. The van der Waals surface area contributed by atoms with Crippen molar-refractivity contribution in [3.05, 3.63) is 24.0 Å². The Morgan fingerprint density at radius 2 is 1.92 bits per heavy atom. The number of carbonyl (C=O) groups is 2. The van der Waals surface area contributed by atoms with Crippen LogP contribution in [0.25, 0.3) is 0 Å². The predicted molar refractivity (Wildman–Crippen MR) is 93.5 cm³/mol. The molecule has 2 saturated heterocycles. The molecule has 0 saturated carbocycles. The van der Waals surface area contributed by atoms with Crippen molar-refractivity contribution in [3.63, 3.8) is 0 Å². The molecule has 0 atom stereocenters. The van der Waals surface area contributed by atoms with Gasteiger partial charge in [0, 0.05) is 52.4 Å². The number of pyridine rings is 1. The summed E-state index contributed by atoms with van der Waals surface area (Å²) in [6, 6.07) is 3.65. The number of aromatic nitrogens is 1. The van der Waals surface area contributed by atoms with Crippen molar-refractivity contribution in [2.24, 2.45) is 0 Å². The van der Waals surface area contributed by atoms with Crippen molar-refractivity contribution in [1.82, 2.24) is 19.7 Å². The van der Waals surface area contributed by atoms with Gasteiger partial charge in [-0.2, -0.15) is 0 Å². The maximum Gasteiger partial charge on any atom is 0.272 e. The molecule has 0 unspecified atom stereocenters. The zero-order chi connectivity index (χ0) is 17.5. The summed E-state index contributed by atoms with van der Waals surface area (Å²) in [5, 5.41) is 3.34. The van der Waals surface area contributed by atoms with Crippen molar-refractivity contribution in [3.8, 4) is 0 Å². The predicted octanol–water partition coefficient (Wildman–Crippen LogP) is -0.260. The SMILES string of the molecule is O=CN1CCN(C(=O)c2ccc(NCCN3CCOCC3)cn2)CC1. The minimum atomic E-state index is -0.0783. The van der Waals surface area contributed by atoms with Crippen LogP contribution in [0.3, 0.4) is 0 Å². The van der Waals surface area contributed by atoms with E-state index >= 15 is 0 Å². The van der Waals surface area contributed by atoms with Gasteiger partial charge in [0.25, 0.3) is 5.91 Å². The first-order valence-electron chi connectivity index (χ1n) is 8.75. The Labute approximate surface area is 147 Å². The van der Waals surface area contributed by atoms with E-state index in [9.17, 15) is 9.59 Å². The molecule has 3 heterocycles. The van der Waals surface area contributed by atoms with Crippen LogP contribution in [0.2, 0.25) is 0 Å². The second-order valence-corrected chi connectivity index (χ2v) is 6.25. The van der Waals surface area contributed by atoms with Gasteiger partial charge in [0.05, 0.1) is 25.1 Å². The Bertz CT molecular complexity index is 566. The topological polar surface area (TPSA) is 78.0 Å². The van der Waals surface area contributed by atoms with Crippen LogP contribution in [0.5, 0.6) is 0 Å². The monoisotopic (exact) mass is 347 g/mol. The largest absolute Gasteiger partial charge is 0.383 e. The molecule has 136 valence electrons. The molecule has 0 aliphatic carbocycles. The maximum absolute atomic E-state index is 12.4. The fourth-order valence-electron chi connectivity index (χ4n) is 3.00. The zero-order valence-electron chi connectivity index (χ0n) is 14.4. The van der Waals surface area contributed by atoms with Crippen LogP contribution < -0.4 is 5.32 Å². The molecule has 0 radical (unpaired) electrons. The highest BCUT2D eigenvalue weighted by atomic mass is 16.5. The zero-order valence-corrected chi connectivity index (χ0v) is 14.4. The second-order valence-electron chi connectivity index (χ2n) is 6.25. The first-order chi connectivity index (χ1) is 12.3. The number of piperazine rings is 1. The quantitative estimate of drug-likeness (QED) is 0.715. The summed E-state index contributed by atoms with van der Waals surface area (Å²) in [6.07, 6.45) is 2.53. The number of ether oxygens (including phenoxy) is 1. The van der Waals surface area contributed by atoms with Crippen LogP contribution in [0.15, 0.2) is 18.3 Å². The van der Waals surface area contributed by atoms with Gasteiger partial charge in [0.1, 0.15) is 5.69 Å². The highest BCUT2D eigenvalue weighted by Crippen LogP contribution is 2.10. The van der Waals surface area contributed by atoms with Crippen molar-refractivity contribution in [2.45, 2.75) is 0 Å². The lowest BCUT2D eigenvalue weighted by Crippen LogP contribution is -2.48. The summed E-state index contributed by atoms with van der Waals surface area (Å²) in [5.41, 5.74) is 1.36. The van der Waals surface area contributed by atoms with Crippen LogP contribution in [-0.4, -0.2) is 97.6 Å². The minimum absolute atomic E-state index is 0.0783. The molecule has 2 fully saturated rings. The normalized spacial score (nSPS) is 18.9. The van der Waals surface area contributed by atoms with E-state index in [4.69, 9.17) is 4.74 Å². The number of nitrogens with one attached hydrogen (secondary N) is 1. The standard InChI is InChI=1S/C17H25N5O3/c23-14-21-5-7-22(8-6-21)17(24)16-2-1-15(13-19-16)18-3-4-20-9-11-25-12-10-20/h1-2,13-14,18H,3-12H2. The lowest BCUT2D eigenvalue weighted by Gasteiger charge is -2.32. The molecule has 0 aromatic carbocycles. The highest BCUT2D eigenvalue weighted by molar-refractivity contribution is 5.92. The van der Waals surface area contributed by atoms with Gasteiger partial charge in [0.2, 0.25) is 6.41 Å². The van der Waals surface area contributed by atoms with Crippen LogP contribution in [0.4, 0.5) is 5.69 Å². The maximum atomic E-state index is 12.4. The first kappa shape index (κ1) is 17.6. The van der Waals surface area contributed by atoms with Crippen molar-refractivity contribution in [1.29, 1.82) is 0 Å². The Balaban J connectivity index is 1.45. The van der Waals surface area contributed by atoms with Gasteiger partial charge < -0.3 is 19.9 Å². The van der Waals surface area contributed by atoms with E-state index < -0.39 is 0 Å². The van der Waals surface area contributed by atoms with E-state index in [1.165, 1.54) is 0 Å². The molecule has 2 aliphatic rings. The molecule has 25 heavy (non-hydrogen) atoms. The van der Waals surface area contributed by atoms with E-state index in [0.29, 0.717) is 31.9 Å². The number of carbonyl (C=O) groups excluding carboxylic acids is 2. The third kappa shape index (κ3) is 4.90. The minimum Gasteiger partial charge on any atom is -0.383 e. The fourth-order valence-corrected chi connectivity index (χ4v) is 3.00. The molecule has 2 aliphatic heterocycles. The van der Waals surface area contributed by atoms with Crippen molar-refractivity contribution >= 4 is 18.0 Å². The summed E-state index contributed by atoms with van der Waals surface area (Å²) >= 11 is 0. The van der Waals surface area contributed by atoms with E-state index in [1.807, 2.05) is 6.07 Å². The van der Waals surface area contributed by atoms with Crippen LogP contribution in [-0.2, 0) is 9.53 Å². The van der Waals surface area contributed by atoms with Gasteiger partial charge in [-0.05, 0) is 12.1 Å². The van der Waals surface area contributed by atoms with Gasteiger partial charge in [-0.1, -0.05) is 0 Å². The van der Waals surface area contributed by atoms with Gasteiger partial charge >= 0.3 is 0 Å². The van der Waals surface area contributed by atoms with Crippen molar-refractivity contribution < 1.29 is 14.3 Å². The van der Waals surface area contributed by atoms with Gasteiger partial charge in [-0.3, -0.25) is 14.5 Å². The summed E-state index contributed by atoms with van der Waals surface area (Å²) < 4.78 is 5.33. The smallest absolute Gasteiger partial charge is 0.272 e. The number of anilines is 1. The number of rotatable bonds is 6. The molecular weight excluding hydrogens is 322 g/mol. The van der Waals surface area contributed by atoms with Crippen molar-refractivity contribution in [2.75, 3.05) is 70.9 Å². The van der Waals surface area contributed by atoms with E-state index in [0.717, 1.165) is 51.5 Å². The van der Waals surface area contributed by atoms with E-state index in [1.54, 1.807) is 22.1 Å². The second kappa shape index (κ2) is 8.77. The van der Waals surface area contributed by atoms with Crippen LogP contribution in [0, 0.1) is 0 Å². The van der Waals surface area contributed by atoms with Crippen LogP contribution >= 0.6 is 0 Å². The average Bonchev–Trinajstić information content (AvgIpc) is 2.69. The molecule has 2 amide bonds. The molecule has 8 nitrogen and oxygen atoms in total. The third-order valence-corrected chi connectivity index (χ3v) is 4.59. The lowest BCUT2D eigenvalue weighted by molar-refractivity contribution is -0.119. The summed E-state index contributed by atoms with van der Waals surface area (Å²) in [5.74, 6) is -0.0783. The Kier molecular flexibility index (Phi) is 6.19. The molecular formula is C17H25N5O3. The summed E-state index contributed by atoms with van der Waals surface area (Å²) in [7, 11) is 0. The number of nitrogens with zero attached hydrogens (tertiary/aromatic N) is 4. The van der Waals surface area contributed by atoms with Gasteiger partial charge in [-0.15, -0.1) is 0 Å². The average molecular weight is 347 g/mol. The Hall–Kier alpha value is -2.19.